The third kappa shape index (κ3) is 3.27. The molecular weight excluding hydrogens is 248 g/mol. The van der Waals surface area contributed by atoms with E-state index < -0.39 is 0 Å². The van der Waals surface area contributed by atoms with Gasteiger partial charge in [0.15, 0.2) is 0 Å². The molecule has 0 spiro atoms. The molecule has 0 radical (unpaired) electrons. The summed E-state index contributed by atoms with van der Waals surface area (Å²) in [5, 5.41) is 7.79. The van der Waals surface area contributed by atoms with Crippen LogP contribution in [0.2, 0.25) is 0 Å². The Labute approximate surface area is 109 Å². The van der Waals surface area contributed by atoms with Gasteiger partial charge in [0.25, 0.3) is 5.91 Å². The van der Waals surface area contributed by atoms with Crippen LogP contribution in [-0.2, 0) is 0 Å². The summed E-state index contributed by atoms with van der Waals surface area (Å²) in [6.07, 6.45) is 3.34. The average molecular weight is 262 g/mol. The molecule has 2 N–H and O–H groups in total. The quantitative estimate of drug-likeness (QED) is 0.805. The number of hydrogen-bond donors (Lipinski definition) is 2. The van der Waals surface area contributed by atoms with Crippen LogP contribution in [0.4, 0.5) is 5.95 Å². The van der Waals surface area contributed by atoms with E-state index in [0.29, 0.717) is 19.0 Å². The van der Waals surface area contributed by atoms with E-state index in [4.69, 9.17) is 0 Å². The van der Waals surface area contributed by atoms with Crippen molar-refractivity contribution in [2.24, 2.45) is 0 Å². The second kappa shape index (κ2) is 6.11. The minimum absolute atomic E-state index is 0.0294. The molecule has 5 nitrogen and oxygen atoms in total. The third-order valence-corrected chi connectivity index (χ3v) is 3.34. The van der Waals surface area contributed by atoms with Crippen molar-refractivity contribution in [1.29, 1.82) is 0 Å². The van der Waals surface area contributed by atoms with Crippen LogP contribution in [0.15, 0.2) is 29.9 Å². The first-order chi connectivity index (χ1) is 8.77. The number of thiophene rings is 1. The molecule has 0 aliphatic carbocycles. The van der Waals surface area contributed by atoms with E-state index in [-0.39, 0.29) is 5.91 Å². The van der Waals surface area contributed by atoms with Crippen molar-refractivity contribution in [3.8, 4) is 0 Å². The number of nitrogens with one attached hydrogen (secondary N) is 2. The zero-order chi connectivity index (χ0) is 12.8. The van der Waals surface area contributed by atoms with Gasteiger partial charge in [-0.2, -0.15) is 0 Å². The Kier molecular flexibility index (Phi) is 4.25. The van der Waals surface area contributed by atoms with Crippen molar-refractivity contribution >= 4 is 23.2 Å². The second-order valence-corrected chi connectivity index (χ2v) is 4.60. The SMILES string of the molecule is Cc1ccsc1C(=O)NCCNc1ncccn1. The van der Waals surface area contributed by atoms with E-state index in [1.165, 1.54) is 11.3 Å². The molecule has 0 aliphatic heterocycles. The van der Waals surface area contributed by atoms with Crippen LogP contribution in [0, 0.1) is 6.92 Å². The van der Waals surface area contributed by atoms with Crippen molar-refractivity contribution in [2.45, 2.75) is 6.92 Å². The lowest BCUT2D eigenvalue weighted by Gasteiger charge is -2.06. The minimum atomic E-state index is -0.0294. The smallest absolute Gasteiger partial charge is 0.261 e. The third-order valence-electron chi connectivity index (χ3n) is 2.33. The first-order valence-electron chi connectivity index (χ1n) is 5.60. The average Bonchev–Trinajstić information content (AvgIpc) is 2.82. The van der Waals surface area contributed by atoms with E-state index in [1.54, 1.807) is 18.5 Å². The second-order valence-electron chi connectivity index (χ2n) is 3.69. The predicted octanol–water partition coefficient (Wildman–Crippen LogP) is 1.69. The number of aryl methyl sites for hydroxylation is 1. The molecule has 0 bridgehead atoms. The van der Waals surface area contributed by atoms with Gasteiger partial charge in [0.1, 0.15) is 0 Å². The maximum absolute atomic E-state index is 11.8. The Balaban J connectivity index is 1.73. The molecule has 18 heavy (non-hydrogen) atoms. The molecular formula is C12H14N4OS. The topological polar surface area (TPSA) is 66.9 Å². The molecule has 0 unspecified atom stereocenters. The number of amides is 1. The fourth-order valence-electron chi connectivity index (χ4n) is 1.43. The number of carbonyl (C=O) groups is 1. The van der Waals surface area contributed by atoms with Gasteiger partial charge < -0.3 is 10.6 Å². The zero-order valence-electron chi connectivity index (χ0n) is 10.0. The number of nitrogens with zero attached hydrogens (tertiary/aromatic N) is 2. The lowest BCUT2D eigenvalue weighted by molar-refractivity contribution is 0.0958. The summed E-state index contributed by atoms with van der Waals surface area (Å²) in [5.41, 5.74) is 1.01. The standard InChI is InChI=1S/C12H14N4OS/c1-9-3-8-18-10(9)11(17)13-6-7-16-12-14-4-2-5-15-12/h2-5,8H,6-7H2,1H3,(H,13,17)(H,14,15,16). The van der Waals surface area contributed by atoms with Crippen LogP contribution in [0.3, 0.4) is 0 Å². The van der Waals surface area contributed by atoms with Crippen LogP contribution < -0.4 is 10.6 Å². The van der Waals surface area contributed by atoms with Gasteiger partial charge >= 0.3 is 0 Å². The van der Waals surface area contributed by atoms with Gasteiger partial charge in [0.05, 0.1) is 4.88 Å². The van der Waals surface area contributed by atoms with E-state index in [2.05, 4.69) is 20.6 Å². The molecule has 0 atom stereocenters. The Morgan fingerprint density at radius 3 is 2.78 bits per heavy atom. The van der Waals surface area contributed by atoms with Crippen LogP contribution in [-0.4, -0.2) is 29.0 Å². The van der Waals surface area contributed by atoms with E-state index in [9.17, 15) is 4.79 Å². The van der Waals surface area contributed by atoms with Crippen LogP contribution in [0.25, 0.3) is 0 Å². The first kappa shape index (κ1) is 12.5. The summed E-state index contributed by atoms with van der Waals surface area (Å²) < 4.78 is 0. The Morgan fingerprint density at radius 2 is 2.11 bits per heavy atom. The molecule has 2 aromatic heterocycles. The molecule has 0 aliphatic rings. The molecule has 2 aromatic rings. The molecule has 2 heterocycles. The van der Waals surface area contributed by atoms with E-state index in [1.807, 2.05) is 18.4 Å². The highest BCUT2D eigenvalue weighted by Crippen LogP contribution is 2.14. The van der Waals surface area contributed by atoms with Gasteiger partial charge in [-0.15, -0.1) is 11.3 Å². The summed E-state index contributed by atoms with van der Waals surface area (Å²) in [5.74, 6) is 0.539. The Morgan fingerprint density at radius 1 is 1.33 bits per heavy atom. The molecule has 1 amide bonds. The maximum atomic E-state index is 11.8. The molecule has 94 valence electrons. The maximum Gasteiger partial charge on any atom is 0.261 e. The fraction of sp³-hybridized carbons (Fsp3) is 0.250. The van der Waals surface area contributed by atoms with Gasteiger partial charge in [0, 0.05) is 25.5 Å². The zero-order valence-corrected chi connectivity index (χ0v) is 10.8. The van der Waals surface area contributed by atoms with Crippen molar-refractivity contribution in [1.82, 2.24) is 15.3 Å². The van der Waals surface area contributed by atoms with Gasteiger partial charge in [-0.3, -0.25) is 4.79 Å². The normalized spacial score (nSPS) is 10.1. The van der Waals surface area contributed by atoms with Crippen LogP contribution in [0.1, 0.15) is 15.2 Å². The molecule has 0 saturated heterocycles. The van der Waals surface area contributed by atoms with Crippen LogP contribution >= 0.6 is 11.3 Å². The molecule has 0 saturated carbocycles. The molecule has 6 heteroatoms. The summed E-state index contributed by atoms with van der Waals surface area (Å²) in [4.78, 5) is 20.6. The Bertz CT molecular complexity index is 512. The predicted molar refractivity (Wildman–Crippen MR) is 71.9 cm³/mol. The summed E-state index contributed by atoms with van der Waals surface area (Å²) in [6, 6.07) is 3.70. The number of aromatic nitrogens is 2. The minimum Gasteiger partial charge on any atom is -0.352 e. The molecule has 2 rings (SSSR count). The lowest BCUT2D eigenvalue weighted by atomic mass is 10.3. The summed E-state index contributed by atoms with van der Waals surface area (Å²) in [7, 11) is 0. The fourth-order valence-corrected chi connectivity index (χ4v) is 2.27. The van der Waals surface area contributed by atoms with E-state index >= 15 is 0 Å². The summed E-state index contributed by atoms with van der Waals surface area (Å²) in [6.45, 7) is 3.07. The number of hydrogen-bond acceptors (Lipinski definition) is 5. The highest BCUT2D eigenvalue weighted by Gasteiger charge is 2.08. The molecule has 0 fully saturated rings. The lowest BCUT2D eigenvalue weighted by Crippen LogP contribution is -2.28. The monoisotopic (exact) mass is 262 g/mol. The largest absolute Gasteiger partial charge is 0.352 e. The van der Waals surface area contributed by atoms with Gasteiger partial charge in [-0.25, -0.2) is 9.97 Å². The molecule has 0 aromatic carbocycles. The highest BCUT2D eigenvalue weighted by atomic mass is 32.1. The van der Waals surface area contributed by atoms with Gasteiger partial charge in [0.2, 0.25) is 5.95 Å². The highest BCUT2D eigenvalue weighted by molar-refractivity contribution is 7.12. The van der Waals surface area contributed by atoms with Gasteiger partial charge in [-0.05, 0) is 30.0 Å². The first-order valence-corrected chi connectivity index (χ1v) is 6.48. The van der Waals surface area contributed by atoms with Gasteiger partial charge in [-0.1, -0.05) is 0 Å². The number of carbonyl (C=O) groups excluding carboxylic acids is 1. The number of anilines is 1. The Hall–Kier alpha value is -1.95. The van der Waals surface area contributed by atoms with Crippen LogP contribution in [0.5, 0.6) is 0 Å². The number of rotatable bonds is 5. The van der Waals surface area contributed by atoms with Crippen molar-refractivity contribution in [3.63, 3.8) is 0 Å². The van der Waals surface area contributed by atoms with E-state index in [0.717, 1.165) is 10.4 Å². The van der Waals surface area contributed by atoms with Crippen molar-refractivity contribution in [2.75, 3.05) is 18.4 Å². The summed E-state index contributed by atoms with van der Waals surface area (Å²) >= 11 is 1.45. The van der Waals surface area contributed by atoms with Crippen molar-refractivity contribution < 1.29 is 4.79 Å². The van der Waals surface area contributed by atoms with Crippen molar-refractivity contribution in [3.05, 3.63) is 40.3 Å².